The number of rotatable bonds is 2. The number of likely N-dealkylation sites (N-methyl/N-ethyl adjacent to an activating group) is 1. The predicted molar refractivity (Wildman–Crippen MR) is 53.2 cm³/mol. The molecule has 0 unspecified atom stereocenters. The molecule has 1 atom stereocenters. The molecular weight excluding hydrogens is 164 g/mol. The first kappa shape index (κ1) is 9.58. The maximum absolute atomic E-state index is 11.0. The van der Waals surface area contributed by atoms with Gasteiger partial charge in [-0.1, -0.05) is 30.4 Å². The monoisotopic (exact) mass is 178 g/mol. The van der Waals surface area contributed by atoms with Crippen molar-refractivity contribution in [1.82, 2.24) is 4.90 Å². The van der Waals surface area contributed by atoms with Gasteiger partial charge in [-0.3, -0.25) is 0 Å². The molecule has 0 aromatic rings. The number of hydrogen-bond donors (Lipinski definition) is 1. The van der Waals surface area contributed by atoms with Crippen LogP contribution in [0.1, 0.15) is 6.42 Å². The normalized spacial score (nSPS) is 25.6. The van der Waals surface area contributed by atoms with E-state index in [1.54, 1.807) is 13.1 Å². The minimum Gasteiger partial charge on any atom is -0.351 e. The zero-order valence-electron chi connectivity index (χ0n) is 7.73. The Hall–Kier alpha value is -1.51. The Bertz CT molecular complexity index is 281. The summed E-state index contributed by atoms with van der Waals surface area (Å²) >= 11 is 0. The molecule has 3 heteroatoms. The summed E-state index contributed by atoms with van der Waals surface area (Å²) in [5, 5.41) is 0. The second kappa shape index (κ2) is 3.47. The Morgan fingerprint density at radius 2 is 2.38 bits per heavy atom. The van der Waals surface area contributed by atoms with E-state index in [1.165, 1.54) is 4.90 Å². The lowest BCUT2D eigenvalue weighted by Crippen LogP contribution is -2.49. The van der Waals surface area contributed by atoms with Crippen molar-refractivity contribution in [3.05, 3.63) is 37.0 Å². The summed E-state index contributed by atoms with van der Waals surface area (Å²) in [6, 6.07) is -0.445. The number of allylic oxidation sites excluding steroid dienone is 2. The number of carbonyl (C=O) groups excluding carboxylic acids is 1. The summed E-state index contributed by atoms with van der Waals surface area (Å²) in [5.41, 5.74) is 4.76. The van der Waals surface area contributed by atoms with Gasteiger partial charge in [0.15, 0.2) is 0 Å². The lowest BCUT2D eigenvalue weighted by Gasteiger charge is -2.36. The Kier molecular flexibility index (Phi) is 2.56. The Morgan fingerprint density at radius 1 is 1.69 bits per heavy atom. The van der Waals surface area contributed by atoms with Gasteiger partial charge in [0, 0.05) is 7.05 Å². The van der Waals surface area contributed by atoms with Crippen LogP contribution in [-0.2, 0) is 0 Å². The van der Waals surface area contributed by atoms with Crippen LogP contribution < -0.4 is 5.73 Å². The van der Waals surface area contributed by atoms with Crippen molar-refractivity contribution >= 4 is 6.03 Å². The molecule has 2 amide bonds. The number of carbonyl (C=O) groups is 1. The molecule has 1 aliphatic carbocycles. The zero-order valence-corrected chi connectivity index (χ0v) is 7.73. The van der Waals surface area contributed by atoms with Crippen molar-refractivity contribution < 1.29 is 4.79 Å². The molecule has 0 radical (unpaired) electrons. The second-order valence-corrected chi connectivity index (χ2v) is 3.08. The molecule has 2 N–H and O–H groups in total. The zero-order chi connectivity index (χ0) is 9.90. The fourth-order valence-corrected chi connectivity index (χ4v) is 1.37. The third-order valence-corrected chi connectivity index (χ3v) is 2.39. The van der Waals surface area contributed by atoms with Gasteiger partial charge in [-0.15, -0.1) is 6.58 Å². The van der Waals surface area contributed by atoms with Crippen molar-refractivity contribution in [3.8, 4) is 0 Å². The minimum atomic E-state index is -0.445. The van der Waals surface area contributed by atoms with Crippen LogP contribution in [0.3, 0.4) is 0 Å². The number of urea groups is 1. The number of hydrogen-bond acceptors (Lipinski definition) is 1. The second-order valence-electron chi connectivity index (χ2n) is 3.08. The minimum absolute atomic E-state index is 0.444. The molecule has 13 heavy (non-hydrogen) atoms. The van der Waals surface area contributed by atoms with Crippen LogP contribution in [0.15, 0.2) is 37.0 Å². The fraction of sp³-hybridized carbons (Fsp3) is 0.300. The topological polar surface area (TPSA) is 46.3 Å². The molecule has 0 saturated heterocycles. The molecule has 0 spiro atoms. The smallest absolute Gasteiger partial charge is 0.315 e. The van der Waals surface area contributed by atoms with Crippen molar-refractivity contribution in [2.75, 3.05) is 7.05 Å². The van der Waals surface area contributed by atoms with Crippen LogP contribution in [0.25, 0.3) is 0 Å². The summed E-state index contributed by atoms with van der Waals surface area (Å²) in [6.07, 6.45) is 10.2. The standard InChI is InChI=1S/C10H14N2O/c1-3-10(12(2)9(11)13)7-5-4-6-8-10/h3-7H,1,8H2,2H3,(H2,11,13)/t10-/m0/s1. The van der Waals surface area contributed by atoms with Gasteiger partial charge in [0.25, 0.3) is 0 Å². The van der Waals surface area contributed by atoms with E-state index in [0.717, 1.165) is 6.42 Å². The highest BCUT2D eigenvalue weighted by Gasteiger charge is 2.30. The van der Waals surface area contributed by atoms with Gasteiger partial charge in [-0.25, -0.2) is 4.79 Å². The van der Waals surface area contributed by atoms with E-state index in [4.69, 9.17) is 5.73 Å². The van der Waals surface area contributed by atoms with E-state index < -0.39 is 11.6 Å². The van der Waals surface area contributed by atoms with E-state index >= 15 is 0 Å². The summed E-state index contributed by atoms with van der Waals surface area (Å²) in [6.45, 7) is 3.73. The summed E-state index contributed by atoms with van der Waals surface area (Å²) in [4.78, 5) is 12.5. The highest BCUT2D eigenvalue weighted by Crippen LogP contribution is 2.25. The average molecular weight is 178 g/mol. The SMILES string of the molecule is C=C[C@]1(N(C)C(N)=O)C=CC=CC1. The quantitative estimate of drug-likeness (QED) is 0.639. The summed E-state index contributed by atoms with van der Waals surface area (Å²) in [5.74, 6) is 0. The highest BCUT2D eigenvalue weighted by atomic mass is 16.2. The van der Waals surface area contributed by atoms with Crippen LogP contribution >= 0.6 is 0 Å². The van der Waals surface area contributed by atoms with Gasteiger partial charge in [0.1, 0.15) is 0 Å². The molecule has 0 saturated carbocycles. The Labute approximate surface area is 78.2 Å². The Balaban J connectivity index is 2.94. The highest BCUT2D eigenvalue weighted by molar-refractivity contribution is 5.73. The first-order valence-corrected chi connectivity index (χ1v) is 4.13. The van der Waals surface area contributed by atoms with Gasteiger partial charge < -0.3 is 10.6 Å². The van der Waals surface area contributed by atoms with Crippen molar-refractivity contribution in [1.29, 1.82) is 0 Å². The van der Waals surface area contributed by atoms with Gasteiger partial charge in [0.05, 0.1) is 5.54 Å². The molecule has 70 valence electrons. The number of amides is 2. The Morgan fingerprint density at radius 3 is 2.77 bits per heavy atom. The molecule has 0 fully saturated rings. The van der Waals surface area contributed by atoms with Crippen molar-refractivity contribution in [2.24, 2.45) is 5.73 Å². The third kappa shape index (κ3) is 1.64. The van der Waals surface area contributed by atoms with E-state index in [0.29, 0.717) is 0 Å². The van der Waals surface area contributed by atoms with E-state index in [2.05, 4.69) is 6.58 Å². The first-order chi connectivity index (χ1) is 6.12. The molecule has 1 aliphatic rings. The first-order valence-electron chi connectivity index (χ1n) is 4.13. The molecule has 0 aromatic carbocycles. The molecule has 0 aliphatic heterocycles. The summed E-state index contributed by atoms with van der Waals surface area (Å²) < 4.78 is 0. The lowest BCUT2D eigenvalue weighted by atomic mass is 9.90. The number of primary amides is 1. The maximum Gasteiger partial charge on any atom is 0.315 e. The van der Waals surface area contributed by atoms with Gasteiger partial charge in [-0.05, 0) is 6.42 Å². The van der Waals surface area contributed by atoms with Crippen molar-refractivity contribution in [2.45, 2.75) is 12.0 Å². The molecule has 1 rings (SSSR count). The molecule has 0 bridgehead atoms. The van der Waals surface area contributed by atoms with E-state index in [1.807, 2.05) is 24.3 Å². The maximum atomic E-state index is 11.0. The van der Waals surface area contributed by atoms with Gasteiger partial charge in [0.2, 0.25) is 0 Å². The fourth-order valence-electron chi connectivity index (χ4n) is 1.37. The molecule has 3 nitrogen and oxygen atoms in total. The van der Waals surface area contributed by atoms with E-state index in [-0.39, 0.29) is 0 Å². The largest absolute Gasteiger partial charge is 0.351 e. The summed E-state index contributed by atoms with van der Waals surface area (Å²) in [7, 11) is 1.67. The van der Waals surface area contributed by atoms with Gasteiger partial charge in [-0.2, -0.15) is 0 Å². The number of nitrogens with zero attached hydrogens (tertiary/aromatic N) is 1. The van der Waals surface area contributed by atoms with Crippen LogP contribution in [0.4, 0.5) is 4.79 Å². The predicted octanol–water partition coefficient (Wildman–Crippen LogP) is 1.44. The van der Waals surface area contributed by atoms with Crippen LogP contribution in [0.2, 0.25) is 0 Å². The lowest BCUT2D eigenvalue weighted by molar-refractivity contribution is 0.190. The van der Waals surface area contributed by atoms with E-state index in [9.17, 15) is 4.79 Å². The van der Waals surface area contributed by atoms with Crippen molar-refractivity contribution in [3.63, 3.8) is 0 Å². The number of nitrogens with two attached hydrogens (primary N) is 1. The van der Waals surface area contributed by atoms with Gasteiger partial charge >= 0.3 is 6.03 Å². The van der Waals surface area contributed by atoms with Crippen LogP contribution in [0, 0.1) is 0 Å². The molecule has 0 heterocycles. The third-order valence-electron chi connectivity index (χ3n) is 2.39. The van der Waals surface area contributed by atoms with Crippen LogP contribution in [-0.4, -0.2) is 23.5 Å². The molecule has 0 aromatic heterocycles. The van der Waals surface area contributed by atoms with Crippen LogP contribution in [0.5, 0.6) is 0 Å². The molecular formula is C10H14N2O. The average Bonchev–Trinajstić information content (AvgIpc) is 2.17.